The number of carboxylic acid groups (broad SMARTS) is 1. The van der Waals surface area contributed by atoms with Crippen LogP contribution < -0.4 is 10.6 Å². The van der Waals surface area contributed by atoms with Crippen LogP contribution in [0.4, 0.5) is 9.59 Å². The van der Waals surface area contributed by atoms with Crippen molar-refractivity contribution in [1.82, 2.24) is 50.3 Å². The van der Waals surface area contributed by atoms with Crippen LogP contribution in [0, 0.1) is 23.7 Å². The van der Waals surface area contributed by atoms with Crippen molar-refractivity contribution >= 4 is 35.0 Å². The van der Waals surface area contributed by atoms with Crippen LogP contribution in [0.15, 0.2) is 61.1 Å². The molecule has 4 amide bonds. The Morgan fingerprint density at radius 2 is 1.22 bits per heavy atom. The number of methoxy groups -OCH3 is 1. The molecule has 3 aromatic heterocycles. The highest BCUT2D eigenvalue weighted by Crippen LogP contribution is 2.55. The third-order valence-electron chi connectivity index (χ3n) is 14.6. The summed E-state index contributed by atoms with van der Waals surface area (Å²) in [5.74, 6) is 1.76. The Labute approximate surface area is 374 Å². The van der Waals surface area contributed by atoms with E-state index in [9.17, 15) is 24.3 Å². The highest BCUT2D eigenvalue weighted by atomic mass is 16.5. The number of aromatic nitrogens is 6. The maximum Gasteiger partial charge on any atom is 0.407 e. The van der Waals surface area contributed by atoms with Crippen molar-refractivity contribution in [3.63, 3.8) is 0 Å². The Hall–Kier alpha value is -6.40. The lowest BCUT2D eigenvalue weighted by molar-refractivity contribution is -0.138. The number of nitrogens with zero attached hydrogens (tertiary/aromatic N) is 6. The molecule has 65 heavy (non-hydrogen) atoms. The topological polar surface area (TPSA) is 230 Å². The molecule has 2 saturated carbocycles. The third-order valence-corrected chi connectivity index (χ3v) is 14.6. The summed E-state index contributed by atoms with van der Waals surface area (Å²) in [6.45, 7) is 2.13. The Morgan fingerprint density at radius 1 is 0.677 bits per heavy atom. The first-order valence-electron chi connectivity index (χ1n) is 22.8. The van der Waals surface area contributed by atoms with Crippen molar-refractivity contribution < 1.29 is 38.5 Å². The van der Waals surface area contributed by atoms with Crippen molar-refractivity contribution in [2.75, 3.05) is 33.5 Å². The maximum atomic E-state index is 14.2. The molecule has 7 heterocycles. The van der Waals surface area contributed by atoms with Crippen LogP contribution in [0.5, 0.6) is 0 Å². The van der Waals surface area contributed by atoms with Crippen molar-refractivity contribution in [3.05, 3.63) is 72.7 Å². The Balaban J connectivity index is 0.768. The number of hydrogen-bond acceptors (Lipinski definition) is 11. The van der Waals surface area contributed by atoms with Gasteiger partial charge in [0.2, 0.25) is 11.8 Å². The van der Waals surface area contributed by atoms with Crippen LogP contribution in [0.1, 0.15) is 75.1 Å². The lowest BCUT2D eigenvalue weighted by Crippen LogP contribution is -2.54. The number of aromatic amines is 2. The molecule has 6 aliphatic rings. The van der Waals surface area contributed by atoms with Gasteiger partial charge in [0.05, 0.1) is 60.2 Å². The van der Waals surface area contributed by atoms with Gasteiger partial charge in [-0.15, -0.1) is 0 Å². The molecule has 6 fully saturated rings. The number of nitrogens with one attached hydrogen (secondary N) is 4. The fourth-order valence-corrected chi connectivity index (χ4v) is 11.0. The molecule has 18 heteroatoms. The third kappa shape index (κ3) is 7.96. The molecule has 8 atom stereocenters. The smallest absolute Gasteiger partial charge is 0.407 e. The quantitative estimate of drug-likeness (QED) is 0.109. The molecule has 0 spiro atoms. The van der Waals surface area contributed by atoms with E-state index >= 15 is 0 Å². The fraction of sp³-hybridized carbons (Fsp3) is 0.489. The zero-order valence-corrected chi connectivity index (χ0v) is 36.0. The number of H-pyrrole nitrogens is 2. The van der Waals surface area contributed by atoms with E-state index in [-0.39, 0.29) is 47.8 Å². The average molecular weight is 885 g/mol. The largest absolute Gasteiger partial charge is 0.465 e. The van der Waals surface area contributed by atoms with Crippen LogP contribution in [-0.2, 0) is 23.8 Å². The van der Waals surface area contributed by atoms with E-state index in [1.165, 1.54) is 7.11 Å². The van der Waals surface area contributed by atoms with E-state index in [0.717, 1.165) is 64.9 Å². The van der Waals surface area contributed by atoms with Crippen molar-refractivity contribution in [2.45, 2.75) is 87.6 Å². The first kappa shape index (κ1) is 41.3. The Morgan fingerprint density at radius 3 is 1.80 bits per heavy atom. The number of fused-ring (bicyclic) bond motifs is 3. The normalized spacial score (nSPS) is 26.0. The summed E-state index contributed by atoms with van der Waals surface area (Å²) in [6, 6.07) is 12.4. The van der Waals surface area contributed by atoms with Crippen LogP contribution in [0.2, 0.25) is 0 Å². The number of alkyl carbamates (subject to hydrolysis) is 1. The van der Waals surface area contributed by atoms with E-state index in [2.05, 4.69) is 32.7 Å². The van der Waals surface area contributed by atoms with Gasteiger partial charge in [-0.1, -0.05) is 30.3 Å². The molecule has 4 saturated heterocycles. The molecule has 0 radical (unpaired) electrons. The molecule has 2 aromatic carbocycles. The molecule has 0 bridgehead atoms. The predicted molar refractivity (Wildman–Crippen MR) is 234 cm³/mol. The average Bonchev–Trinajstić information content (AvgIpc) is 3.92. The van der Waals surface area contributed by atoms with E-state index in [1.807, 2.05) is 46.3 Å². The van der Waals surface area contributed by atoms with Crippen LogP contribution in [0.25, 0.3) is 44.8 Å². The van der Waals surface area contributed by atoms with E-state index in [1.54, 1.807) is 12.4 Å². The Kier molecular flexibility index (Phi) is 10.7. The SMILES string of the molecule is COC(=O)N[C@H](C(=O)N1[C@@H]2C[C@@H]2C[C@H]1c1ncc(-c2ccc(-c3ccc4nc(-c5cnc([C@@H]6C[C@H]7C[C@H]7N6C(=O)[C@@H](NC(=O)O)C6CCOCC6)[nH]5)cnc4c3)cc2)[nH]1)C1CCOCC1. The number of piperidine rings is 2. The minimum Gasteiger partial charge on any atom is -0.465 e. The van der Waals surface area contributed by atoms with Gasteiger partial charge in [-0.3, -0.25) is 14.6 Å². The minimum atomic E-state index is -1.20. The summed E-state index contributed by atoms with van der Waals surface area (Å²) in [5.41, 5.74) is 6.58. The number of imidazole rings is 2. The number of likely N-dealkylation sites (tertiary alicyclic amines) is 2. The fourth-order valence-electron chi connectivity index (χ4n) is 11.0. The van der Waals surface area contributed by atoms with Gasteiger partial charge in [-0.2, -0.15) is 0 Å². The van der Waals surface area contributed by atoms with Crippen molar-refractivity contribution in [2.24, 2.45) is 23.7 Å². The molecule has 338 valence electrons. The summed E-state index contributed by atoms with van der Waals surface area (Å²) in [5, 5.41) is 15.0. The lowest BCUT2D eigenvalue weighted by Gasteiger charge is -2.35. The Bertz CT molecular complexity index is 2620. The minimum absolute atomic E-state index is 0.0309. The van der Waals surface area contributed by atoms with E-state index < -0.39 is 24.3 Å². The zero-order valence-electron chi connectivity index (χ0n) is 36.0. The van der Waals surface area contributed by atoms with Crippen molar-refractivity contribution in [1.29, 1.82) is 0 Å². The molecular weight excluding hydrogens is 833 g/mol. The number of carbonyl (C=O) groups is 4. The molecule has 5 N–H and O–H groups in total. The second-order valence-corrected chi connectivity index (χ2v) is 18.5. The summed E-state index contributed by atoms with van der Waals surface area (Å²) in [4.78, 5) is 82.4. The summed E-state index contributed by atoms with van der Waals surface area (Å²) >= 11 is 0. The number of ether oxygens (including phenoxy) is 3. The predicted octanol–water partition coefficient (Wildman–Crippen LogP) is 5.61. The summed E-state index contributed by atoms with van der Waals surface area (Å²) in [7, 11) is 1.31. The molecule has 18 nitrogen and oxygen atoms in total. The molecular formula is C47H52N10O8. The first-order valence-corrected chi connectivity index (χ1v) is 22.8. The molecule has 5 aromatic rings. The molecule has 2 aliphatic carbocycles. The van der Waals surface area contributed by atoms with Crippen LogP contribution in [-0.4, -0.2) is 127 Å². The monoisotopic (exact) mass is 884 g/mol. The number of benzene rings is 2. The maximum absolute atomic E-state index is 14.2. The van der Waals surface area contributed by atoms with Gasteiger partial charge in [0.1, 0.15) is 29.4 Å². The summed E-state index contributed by atoms with van der Waals surface area (Å²) in [6.07, 6.45) is 9.57. The molecule has 0 unspecified atom stereocenters. The zero-order chi connectivity index (χ0) is 44.3. The standard InChI is InChI=1S/C47H52N10O8/c1-63-47(62)55-41(27-10-14-65-15-11-27)45(59)57-37-18-29(37)19-38(57)42-49-21-33(52-42)25-4-2-24(3-5-25)28-6-7-31-32(16-28)48-22-34(51-31)35-23-50-43(53-35)39-20-30-17-36(30)56(39)44(58)40(54-46(60)61)26-8-12-64-13-9-26/h2-7,16,21-23,26-27,29-30,36-41,54H,8-15,17-20H2,1H3,(H,49,52)(H,50,53)(H,55,62)(H,60,61)/t29-,30-,36-,37-,38+,39+,40+,41+/m1/s1. The second kappa shape index (κ2) is 16.9. The number of amides is 4. The van der Waals surface area contributed by atoms with Gasteiger partial charge in [0, 0.05) is 38.5 Å². The summed E-state index contributed by atoms with van der Waals surface area (Å²) < 4.78 is 16.0. The van der Waals surface area contributed by atoms with Gasteiger partial charge >= 0.3 is 12.2 Å². The number of carbonyl (C=O) groups excluding carboxylic acids is 3. The highest BCUT2D eigenvalue weighted by Gasteiger charge is 2.58. The lowest BCUT2D eigenvalue weighted by atomic mass is 9.90. The van der Waals surface area contributed by atoms with E-state index in [0.29, 0.717) is 81.2 Å². The highest BCUT2D eigenvalue weighted by molar-refractivity contribution is 5.88. The van der Waals surface area contributed by atoms with Gasteiger partial charge in [0.15, 0.2) is 0 Å². The molecule has 11 rings (SSSR count). The van der Waals surface area contributed by atoms with Crippen LogP contribution >= 0.6 is 0 Å². The van der Waals surface area contributed by atoms with Gasteiger partial charge in [0.25, 0.3) is 0 Å². The van der Waals surface area contributed by atoms with Gasteiger partial charge in [-0.25, -0.2) is 24.5 Å². The van der Waals surface area contributed by atoms with Crippen LogP contribution in [0.3, 0.4) is 0 Å². The number of rotatable bonds is 11. The second-order valence-electron chi connectivity index (χ2n) is 18.5. The molecule has 4 aliphatic heterocycles. The first-order chi connectivity index (χ1) is 31.7. The number of hydrogen-bond donors (Lipinski definition) is 5. The van der Waals surface area contributed by atoms with Gasteiger partial charge < -0.3 is 49.7 Å². The van der Waals surface area contributed by atoms with E-state index in [4.69, 9.17) is 34.1 Å². The van der Waals surface area contributed by atoms with Crippen molar-refractivity contribution in [3.8, 4) is 33.8 Å². The van der Waals surface area contributed by atoms with Gasteiger partial charge in [-0.05, 0) is 104 Å².